The molecule has 0 atom stereocenters. The number of benzene rings is 2. The molecule has 0 heterocycles. The van der Waals surface area contributed by atoms with Crippen molar-refractivity contribution in [3.8, 4) is 0 Å². The molecule has 0 aliphatic heterocycles. The normalized spacial score (nSPS) is 10.2. The van der Waals surface area contributed by atoms with Crippen molar-refractivity contribution < 1.29 is 14.1 Å². The summed E-state index contributed by atoms with van der Waals surface area (Å²) >= 11 is 3.14. The molecule has 2 rings (SSSR count). The van der Waals surface area contributed by atoms with Gasteiger partial charge in [0.15, 0.2) is 0 Å². The van der Waals surface area contributed by atoms with E-state index in [9.17, 15) is 19.3 Å². The van der Waals surface area contributed by atoms with Crippen LogP contribution in [0.1, 0.15) is 15.9 Å². The summed E-state index contributed by atoms with van der Waals surface area (Å²) in [5.74, 6) is -1.20. The Labute approximate surface area is 128 Å². The van der Waals surface area contributed by atoms with Gasteiger partial charge in [0.05, 0.1) is 10.5 Å². The number of nitrogens with zero attached hydrogens (tertiary/aromatic N) is 1. The van der Waals surface area contributed by atoms with Crippen LogP contribution >= 0.6 is 15.9 Å². The van der Waals surface area contributed by atoms with Crippen molar-refractivity contribution in [1.82, 2.24) is 0 Å². The van der Waals surface area contributed by atoms with E-state index in [2.05, 4.69) is 21.2 Å². The quantitative estimate of drug-likeness (QED) is 0.668. The van der Waals surface area contributed by atoms with Gasteiger partial charge in [0.2, 0.25) is 0 Å². The summed E-state index contributed by atoms with van der Waals surface area (Å²) in [7, 11) is 0. The molecule has 108 valence electrons. The number of rotatable bonds is 3. The highest BCUT2D eigenvalue weighted by molar-refractivity contribution is 9.10. The maximum atomic E-state index is 13.2. The SMILES string of the molecule is Cc1ccc([N+](=O)[O-])c(NC(=O)c2cc(F)ccc2Br)c1. The average Bonchev–Trinajstić information content (AvgIpc) is 2.41. The lowest BCUT2D eigenvalue weighted by molar-refractivity contribution is -0.383. The zero-order valence-electron chi connectivity index (χ0n) is 10.9. The van der Waals surface area contributed by atoms with Gasteiger partial charge >= 0.3 is 0 Å². The van der Waals surface area contributed by atoms with Crippen LogP contribution in [-0.4, -0.2) is 10.8 Å². The molecule has 7 heteroatoms. The third-order valence-corrected chi connectivity index (χ3v) is 3.46. The molecule has 0 radical (unpaired) electrons. The number of amides is 1. The summed E-state index contributed by atoms with van der Waals surface area (Å²) in [5.41, 5.74) is 0.669. The number of hydrogen-bond acceptors (Lipinski definition) is 3. The maximum Gasteiger partial charge on any atom is 0.292 e. The molecule has 0 unspecified atom stereocenters. The van der Waals surface area contributed by atoms with Crippen molar-refractivity contribution >= 4 is 33.2 Å². The Balaban J connectivity index is 2.38. The third-order valence-electron chi connectivity index (χ3n) is 2.77. The molecule has 0 fully saturated rings. The first-order valence-electron chi connectivity index (χ1n) is 5.90. The van der Waals surface area contributed by atoms with Crippen molar-refractivity contribution in [2.45, 2.75) is 6.92 Å². The van der Waals surface area contributed by atoms with E-state index in [1.54, 1.807) is 13.0 Å². The van der Waals surface area contributed by atoms with Crippen molar-refractivity contribution in [3.63, 3.8) is 0 Å². The molecule has 1 N–H and O–H groups in total. The van der Waals surface area contributed by atoms with E-state index in [0.717, 1.165) is 11.6 Å². The molecule has 0 aliphatic carbocycles. The van der Waals surface area contributed by atoms with Gasteiger partial charge in [-0.2, -0.15) is 0 Å². The molecule has 0 aliphatic rings. The molecule has 2 aromatic rings. The monoisotopic (exact) mass is 352 g/mol. The highest BCUT2D eigenvalue weighted by Crippen LogP contribution is 2.27. The van der Waals surface area contributed by atoms with Crippen LogP contribution in [0.4, 0.5) is 15.8 Å². The van der Waals surface area contributed by atoms with E-state index in [-0.39, 0.29) is 16.9 Å². The highest BCUT2D eigenvalue weighted by Gasteiger charge is 2.18. The fourth-order valence-corrected chi connectivity index (χ4v) is 2.20. The summed E-state index contributed by atoms with van der Waals surface area (Å²) in [4.78, 5) is 22.5. The minimum atomic E-state index is -0.630. The number of nitro benzene ring substituents is 1. The van der Waals surface area contributed by atoms with Gasteiger partial charge in [-0.15, -0.1) is 0 Å². The van der Waals surface area contributed by atoms with E-state index < -0.39 is 16.6 Å². The smallest absolute Gasteiger partial charge is 0.292 e. The fraction of sp³-hybridized carbons (Fsp3) is 0.0714. The average molecular weight is 353 g/mol. The molecule has 0 aromatic heterocycles. The van der Waals surface area contributed by atoms with Gasteiger partial charge in [0.1, 0.15) is 11.5 Å². The second-order valence-electron chi connectivity index (χ2n) is 4.36. The molecule has 21 heavy (non-hydrogen) atoms. The molecule has 0 bridgehead atoms. The summed E-state index contributed by atoms with van der Waals surface area (Å²) in [5, 5.41) is 13.4. The van der Waals surface area contributed by atoms with Gasteiger partial charge < -0.3 is 5.32 Å². The standard InChI is InChI=1S/C14H10BrFN2O3/c1-8-2-5-13(18(20)21)12(6-8)17-14(19)10-7-9(16)3-4-11(10)15/h2-7H,1H3,(H,17,19). The summed E-state index contributed by atoms with van der Waals surface area (Å²) < 4.78 is 13.6. The number of nitro groups is 1. The van der Waals surface area contributed by atoms with E-state index in [1.807, 2.05) is 0 Å². The lowest BCUT2D eigenvalue weighted by atomic mass is 10.1. The van der Waals surface area contributed by atoms with Gasteiger partial charge in [-0.1, -0.05) is 6.07 Å². The van der Waals surface area contributed by atoms with Crippen molar-refractivity contribution in [3.05, 3.63) is 67.9 Å². The number of anilines is 1. The van der Waals surface area contributed by atoms with Gasteiger partial charge in [-0.05, 0) is 52.7 Å². The Hall–Kier alpha value is -2.28. The number of carbonyl (C=O) groups excluding carboxylic acids is 1. The first kappa shape index (κ1) is 15.1. The predicted molar refractivity (Wildman–Crippen MR) is 79.9 cm³/mol. The Morgan fingerprint density at radius 1 is 1.29 bits per heavy atom. The number of carbonyl (C=O) groups is 1. The van der Waals surface area contributed by atoms with Crippen LogP contribution in [0.15, 0.2) is 40.9 Å². The first-order valence-corrected chi connectivity index (χ1v) is 6.69. The Morgan fingerprint density at radius 2 is 2.00 bits per heavy atom. The first-order chi connectivity index (χ1) is 9.88. The molecule has 0 saturated heterocycles. The third kappa shape index (κ3) is 3.43. The molecule has 5 nitrogen and oxygen atoms in total. The van der Waals surface area contributed by atoms with Crippen LogP contribution in [-0.2, 0) is 0 Å². The predicted octanol–water partition coefficient (Wildman–Crippen LogP) is 4.06. The number of nitrogens with one attached hydrogen (secondary N) is 1. The molecule has 0 saturated carbocycles. The second-order valence-corrected chi connectivity index (χ2v) is 5.21. The van der Waals surface area contributed by atoms with E-state index in [1.165, 1.54) is 24.3 Å². The molecule has 2 aromatic carbocycles. The minimum absolute atomic E-state index is 0.0609. The largest absolute Gasteiger partial charge is 0.316 e. The van der Waals surface area contributed by atoms with Gasteiger partial charge in [-0.3, -0.25) is 14.9 Å². The lowest BCUT2D eigenvalue weighted by Crippen LogP contribution is -2.14. The van der Waals surface area contributed by atoms with Crippen molar-refractivity contribution in [1.29, 1.82) is 0 Å². The van der Waals surface area contributed by atoms with Gasteiger partial charge in [0, 0.05) is 10.5 Å². The zero-order chi connectivity index (χ0) is 15.6. The topological polar surface area (TPSA) is 72.2 Å². The maximum absolute atomic E-state index is 13.2. The summed E-state index contributed by atoms with van der Waals surface area (Å²) in [6.07, 6.45) is 0. The van der Waals surface area contributed by atoms with Gasteiger partial charge in [-0.25, -0.2) is 4.39 Å². The molecule has 1 amide bonds. The Kier molecular flexibility index (Phi) is 4.32. The Bertz CT molecular complexity index is 734. The van der Waals surface area contributed by atoms with E-state index in [4.69, 9.17) is 0 Å². The summed E-state index contributed by atoms with van der Waals surface area (Å²) in [6, 6.07) is 8.03. The fourth-order valence-electron chi connectivity index (χ4n) is 1.77. The van der Waals surface area contributed by atoms with Crippen LogP contribution in [0.2, 0.25) is 0 Å². The lowest BCUT2D eigenvalue weighted by Gasteiger charge is -2.08. The van der Waals surface area contributed by atoms with Crippen molar-refractivity contribution in [2.24, 2.45) is 0 Å². The molecular weight excluding hydrogens is 343 g/mol. The zero-order valence-corrected chi connectivity index (χ0v) is 12.5. The highest BCUT2D eigenvalue weighted by atomic mass is 79.9. The van der Waals surface area contributed by atoms with Gasteiger partial charge in [0.25, 0.3) is 11.6 Å². The number of aryl methyl sites for hydroxylation is 1. The van der Waals surface area contributed by atoms with Crippen LogP contribution in [0.5, 0.6) is 0 Å². The van der Waals surface area contributed by atoms with Crippen LogP contribution in [0.25, 0.3) is 0 Å². The van der Waals surface area contributed by atoms with Crippen molar-refractivity contribution in [2.75, 3.05) is 5.32 Å². The second kappa shape index (κ2) is 6.01. The van der Waals surface area contributed by atoms with Crippen LogP contribution in [0, 0.1) is 22.9 Å². The minimum Gasteiger partial charge on any atom is -0.316 e. The van der Waals surface area contributed by atoms with E-state index >= 15 is 0 Å². The summed E-state index contributed by atoms with van der Waals surface area (Å²) in [6.45, 7) is 1.75. The number of halogens is 2. The Morgan fingerprint density at radius 3 is 2.67 bits per heavy atom. The number of hydrogen-bond donors (Lipinski definition) is 1. The van der Waals surface area contributed by atoms with Crippen LogP contribution in [0.3, 0.4) is 0 Å². The molecular formula is C14H10BrFN2O3. The van der Waals surface area contributed by atoms with Crippen LogP contribution < -0.4 is 5.32 Å². The van der Waals surface area contributed by atoms with E-state index in [0.29, 0.717) is 4.47 Å². The molecule has 0 spiro atoms.